The second-order valence-electron chi connectivity index (χ2n) is 0.697. The van der Waals surface area contributed by atoms with Crippen molar-refractivity contribution >= 4 is 16.5 Å². The van der Waals surface area contributed by atoms with Gasteiger partial charge in [0.2, 0.25) is 0 Å². The molecule has 0 rings (SSSR count). The zero-order valence-corrected chi connectivity index (χ0v) is 4.22. The summed E-state index contributed by atoms with van der Waals surface area (Å²) in [6, 6.07) is 0. The first-order valence-corrected chi connectivity index (χ1v) is 2.04. The summed E-state index contributed by atoms with van der Waals surface area (Å²) < 4.78 is 2.82. The fourth-order valence-electron chi connectivity index (χ4n) is 0.0833. The number of hydrogen-bond donors (Lipinski definition) is 1. The molecule has 1 N–H and O–H groups in total. The van der Waals surface area contributed by atoms with E-state index in [0.29, 0.717) is 0 Å². The molecule has 0 spiro atoms. The van der Waals surface area contributed by atoms with Gasteiger partial charge in [-0.05, 0) is 6.54 Å². The van der Waals surface area contributed by atoms with E-state index < -0.39 is 0 Å². The van der Waals surface area contributed by atoms with E-state index in [1.165, 1.54) is 0 Å². The lowest BCUT2D eigenvalue weighted by atomic mass is 10.7. The maximum atomic E-state index is 3.47. The Morgan fingerprint density at radius 1 is 2.00 bits per heavy atom. The fourth-order valence-corrected chi connectivity index (χ4v) is 0.250. The van der Waals surface area contributed by atoms with Gasteiger partial charge in [-0.3, -0.25) is 0 Å². The molecule has 0 aromatic heterocycles. The molecule has 0 aliphatic heterocycles. The monoisotopic (exact) mass is 83.0 g/mol. The molecule has 1 nitrogen and oxygen atoms in total. The van der Waals surface area contributed by atoms with Gasteiger partial charge in [-0.2, -0.15) is 0 Å². The van der Waals surface area contributed by atoms with Gasteiger partial charge in [0.1, 0.15) is 0 Å². The Balaban J connectivity index is 2.40. The first-order chi connectivity index (χ1) is 2.41. The molecule has 0 amide bonds. The second-order valence-corrected chi connectivity index (χ2v) is 1.11. The lowest BCUT2D eigenvalue weighted by Crippen LogP contribution is -2.05. The summed E-state index contributed by atoms with van der Waals surface area (Å²) in [5.41, 5.74) is 0. The van der Waals surface area contributed by atoms with Gasteiger partial charge in [0.25, 0.3) is 16.5 Å². The maximum absolute atomic E-state index is 3.47. The quantitative estimate of drug-likeness (QED) is 0.361. The van der Waals surface area contributed by atoms with Crippen molar-refractivity contribution in [2.45, 2.75) is 0 Å². The Morgan fingerprint density at radius 2 is 2.60 bits per heavy atom. The highest BCUT2D eigenvalue weighted by Crippen LogP contribution is 1.47. The van der Waals surface area contributed by atoms with E-state index in [1.54, 1.807) is 6.08 Å². The predicted molar refractivity (Wildman–Crippen MR) is 24.0 cm³/mol. The van der Waals surface area contributed by atoms with Crippen LogP contribution in [0.3, 0.4) is 0 Å². The summed E-state index contributed by atoms with van der Waals surface area (Å²) in [5.74, 6) is 0. The molecule has 0 saturated heterocycles. The molecule has 0 aliphatic carbocycles. The summed E-state index contributed by atoms with van der Waals surface area (Å²) >= 11 is 2.38. The van der Waals surface area contributed by atoms with Crippen molar-refractivity contribution in [1.82, 2.24) is 4.30 Å². The highest BCUT2D eigenvalue weighted by atomic mass is 27.1. The van der Waals surface area contributed by atoms with E-state index in [2.05, 4.69) is 27.4 Å². The van der Waals surface area contributed by atoms with Crippen LogP contribution in [0.5, 0.6) is 0 Å². The lowest BCUT2D eigenvalue weighted by Gasteiger charge is -1.81. The highest BCUT2D eigenvalue weighted by Gasteiger charge is 1.56. The molecule has 2 radical (unpaired) electrons. The van der Waals surface area contributed by atoms with Crippen LogP contribution in [0.1, 0.15) is 0 Å². The van der Waals surface area contributed by atoms with Gasteiger partial charge >= 0.3 is 0 Å². The number of rotatable bonds is 2. The average Bonchev–Trinajstić information content (AvgIpc) is 1.41. The summed E-state index contributed by atoms with van der Waals surface area (Å²) in [6.07, 6.45) is 1.80. The molecule has 0 aromatic carbocycles. The molecular weight excluding hydrogens is 77.0 g/mol. The Morgan fingerprint density at radius 3 is 2.60 bits per heavy atom. The summed E-state index contributed by atoms with van der Waals surface area (Å²) in [5, 5.41) is 0. The van der Waals surface area contributed by atoms with Gasteiger partial charge < -0.3 is 4.30 Å². The number of nitrogens with one attached hydrogen (secondary N) is 1. The van der Waals surface area contributed by atoms with Crippen LogP contribution < -0.4 is 4.30 Å². The van der Waals surface area contributed by atoms with Crippen molar-refractivity contribution in [3.05, 3.63) is 12.7 Å². The van der Waals surface area contributed by atoms with E-state index in [9.17, 15) is 0 Å². The molecule has 2 heteroatoms. The van der Waals surface area contributed by atoms with Gasteiger partial charge in [-0.25, -0.2) is 0 Å². The first kappa shape index (κ1) is 5.23. The van der Waals surface area contributed by atoms with Gasteiger partial charge in [0, 0.05) is 0 Å². The van der Waals surface area contributed by atoms with Crippen LogP contribution in [-0.2, 0) is 0 Å². The first-order valence-electron chi connectivity index (χ1n) is 1.46. The molecule has 0 fully saturated rings. The molecule has 0 aromatic rings. The van der Waals surface area contributed by atoms with Crippen LogP contribution in [0.15, 0.2) is 12.7 Å². The molecule has 0 unspecified atom stereocenters. The normalized spacial score (nSPS) is 7.20. The molecule has 0 aliphatic rings. The van der Waals surface area contributed by atoms with E-state index in [1.807, 2.05) is 0 Å². The molecule has 5 heavy (non-hydrogen) atoms. The third-order valence-corrected chi connectivity index (χ3v) is 0.498. The molecule has 0 heterocycles. The van der Waals surface area contributed by atoms with Gasteiger partial charge in [-0.15, -0.1) is 6.58 Å². The summed E-state index contributed by atoms with van der Waals surface area (Å²) in [6.45, 7) is 4.34. The molecule has 0 atom stereocenters. The maximum Gasteiger partial charge on any atom is 0.251 e. The lowest BCUT2D eigenvalue weighted by molar-refractivity contribution is 1.11. The molecule has 0 saturated carbocycles. The largest absolute Gasteiger partial charge is 0.412 e. The van der Waals surface area contributed by atoms with Crippen LogP contribution in [0.25, 0.3) is 0 Å². The van der Waals surface area contributed by atoms with E-state index in [4.69, 9.17) is 0 Å². The van der Waals surface area contributed by atoms with Gasteiger partial charge in [0.05, 0.1) is 0 Å². The van der Waals surface area contributed by atoms with Crippen LogP contribution in [0.4, 0.5) is 0 Å². The third kappa shape index (κ3) is 4.23. The Kier molecular flexibility index (Phi) is 4.43. The Labute approximate surface area is 40.7 Å². The van der Waals surface area contributed by atoms with Crippen LogP contribution >= 0.6 is 0 Å². The van der Waals surface area contributed by atoms with Crippen molar-refractivity contribution in [2.75, 3.05) is 6.54 Å². The minimum atomic E-state index is 0.866. The van der Waals surface area contributed by atoms with Crippen molar-refractivity contribution in [1.29, 1.82) is 0 Å². The Bertz CT molecular complexity index is 28.1. The van der Waals surface area contributed by atoms with E-state index in [-0.39, 0.29) is 0 Å². The van der Waals surface area contributed by atoms with E-state index in [0.717, 1.165) is 6.54 Å². The van der Waals surface area contributed by atoms with Crippen molar-refractivity contribution in [3.8, 4) is 0 Å². The molecular formula is C3H6AlN. The second kappa shape index (κ2) is 4.23. The molecule has 0 bridgehead atoms. The topological polar surface area (TPSA) is 12.0 Å². The highest BCUT2D eigenvalue weighted by molar-refractivity contribution is 6.04. The van der Waals surface area contributed by atoms with Crippen molar-refractivity contribution in [2.24, 2.45) is 0 Å². The van der Waals surface area contributed by atoms with E-state index >= 15 is 0 Å². The summed E-state index contributed by atoms with van der Waals surface area (Å²) in [4.78, 5) is 0. The van der Waals surface area contributed by atoms with Gasteiger partial charge in [0.15, 0.2) is 0 Å². The minimum Gasteiger partial charge on any atom is -0.412 e. The van der Waals surface area contributed by atoms with Gasteiger partial charge in [-0.1, -0.05) is 6.08 Å². The smallest absolute Gasteiger partial charge is 0.251 e. The molecule has 26 valence electrons. The standard InChI is InChI=1S/C3H6N.Al/c1-2-3-4;/h2,4H,1,3H2;/q-1;+1. The van der Waals surface area contributed by atoms with Crippen molar-refractivity contribution in [3.63, 3.8) is 0 Å². The summed E-state index contributed by atoms with van der Waals surface area (Å²) in [7, 11) is 0. The SMILES string of the molecule is C=CC[NH][Al]. The van der Waals surface area contributed by atoms with Crippen molar-refractivity contribution < 1.29 is 0 Å². The number of hydrogen-bond acceptors (Lipinski definition) is 1. The average molecular weight is 83.1 g/mol. The van der Waals surface area contributed by atoms with Crippen LogP contribution in [0, 0.1) is 0 Å². The van der Waals surface area contributed by atoms with Crippen LogP contribution in [0.2, 0.25) is 0 Å². The zero-order valence-electron chi connectivity index (χ0n) is 3.07. The van der Waals surface area contributed by atoms with Crippen LogP contribution in [-0.4, -0.2) is 23.1 Å². The zero-order chi connectivity index (χ0) is 4.12. The third-order valence-electron chi connectivity index (χ3n) is 0.262. The fraction of sp³-hybridized carbons (Fsp3) is 0.333. The predicted octanol–water partition coefficient (Wildman–Crippen LogP) is -0.155. The Hall–Kier alpha value is 0.232. The minimum absolute atomic E-state index is 0.866.